The van der Waals surface area contributed by atoms with E-state index < -0.39 is 0 Å². The van der Waals surface area contributed by atoms with Crippen molar-refractivity contribution in [3.05, 3.63) is 47.6 Å². The van der Waals surface area contributed by atoms with Gasteiger partial charge in [0.05, 0.1) is 0 Å². The van der Waals surface area contributed by atoms with E-state index in [4.69, 9.17) is 0 Å². The Morgan fingerprint density at radius 3 is 2.42 bits per heavy atom. The van der Waals surface area contributed by atoms with Crippen molar-refractivity contribution in [1.82, 2.24) is 0 Å². The van der Waals surface area contributed by atoms with Gasteiger partial charge in [-0.05, 0) is 13.3 Å². The lowest BCUT2D eigenvalue weighted by molar-refractivity contribution is 1.90. The van der Waals surface area contributed by atoms with Crippen LogP contribution in [0.2, 0.25) is 0 Å². The van der Waals surface area contributed by atoms with Gasteiger partial charge >= 0.3 is 0 Å². The Morgan fingerprint density at radius 2 is 1.67 bits per heavy atom. The van der Waals surface area contributed by atoms with Gasteiger partial charge in [0.15, 0.2) is 7.28 Å². The van der Waals surface area contributed by atoms with Gasteiger partial charge in [0, 0.05) is 0 Å². The van der Waals surface area contributed by atoms with Crippen LogP contribution in [0.15, 0.2) is 47.6 Å². The second-order valence-electron chi connectivity index (χ2n) is 2.81. The average Bonchev–Trinajstić information content (AvgIpc) is 2.15. The van der Waals surface area contributed by atoms with E-state index in [1.807, 2.05) is 12.2 Å². The molecule has 1 aliphatic heterocycles. The minimum atomic E-state index is 0.0159. The minimum absolute atomic E-state index is 0.0159. The predicted octanol–water partition coefficient (Wildman–Crippen LogP) is 2.91. The summed E-state index contributed by atoms with van der Waals surface area (Å²) < 4.78 is 0. The van der Waals surface area contributed by atoms with Gasteiger partial charge < -0.3 is 0 Å². The van der Waals surface area contributed by atoms with Crippen LogP contribution in [0.3, 0.4) is 0 Å². The Balaban J connectivity index is 2.75. The summed E-state index contributed by atoms with van der Waals surface area (Å²) in [7, 11) is 2.20. The molecule has 0 unspecified atom stereocenters. The maximum absolute atomic E-state index is 2.27. The van der Waals surface area contributed by atoms with Crippen molar-refractivity contribution in [3.8, 4) is 0 Å². The lowest BCUT2D eigenvalue weighted by Crippen LogP contribution is -1.89. The molecule has 1 aliphatic rings. The second-order valence-corrected chi connectivity index (χ2v) is 5.11. The molecule has 0 bridgehead atoms. The molecule has 12 heavy (non-hydrogen) atoms. The Hall–Kier alpha value is -0.545. The number of hydrogen-bond donors (Lipinski definition) is 0. The maximum Gasteiger partial charge on any atom is 0.181 e. The third kappa shape index (κ3) is 3.23. The van der Waals surface area contributed by atoms with Gasteiger partial charge in [-0.1, -0.05) is 49.6 Å². The standard InChI is InChI=1S/C10H13BP/c1-12(2)10-8-6-4-3-5-7-9-11-10/h3-9H,1-2H3/b5-3-,6-4-,9-7-,10-8+. The largest absolute Gasteiger partial charge is 0.181 e. The molecule has 0 saturated carbocycles. The van der Waals surface area contributed by atoms with Crippen LogP contribution < -0.4 is 0 Å². The Bertz CT molecular complexity index is 247. The van der Waals surface area contributed by atoms with E-state index in [9.17, 15) is 0 Å². The van der Waals surface area contributed by atoms with E-state index in [2.05, 4.69) is 50.9 Å². The summed E-state index contributed by atoms with van der Waals surface area (Å²) in [4.78, 5) is 0. The zero-order valence-corrected chi connectivity index (χ0v) is 8.46. The van der Waals surface area contributed by atoms with Gasteiger partial charge in [-0.15, -0.1) is 5.98 Å². The summed E-state index contributed by atoms with van der Waals surface area (Å²) in [5.74, 6) is 2.09. The Morgan fingerprint density at radius 1 is 1.00 bits per heavy atom. The molecule has 0 fully saturated rings. The van der Waals surface area contributed by atoms with Crippen molar-refractivity contribution in [2.75, 3.05) is 13.3 Å². The Kier molecular flexibility index (Phi) is 4.11. The first-order valence-corrected chi connectivity index (χ1v) is 6.26. The van der Waals surface area contributed by atoms with Gasteiger partial charge in [-0.2, -0.15) is 0 Å². The molecular formula is C10H13BP. The molecule has 0 atom stereocenters. The molecule has 1 radical (unpaired) electrons. The first-order valence-electron chi connectivity index (χ1n) is 4.03. The number of hydrogen-bond acceptors (Lipinski definition) is 0. The van der Waals surface area contributed by atoms with Crippen LogP contribution in [-0.2, 0) is 0 Å². The first kappa shape index (κ1) is 9.54. The van der Waals surface area contributed by atoms with Crippen LogP contribution in [0.5, 0.6) is 0 Å². The molecule has 0 saturated heterocycles. The first-order chi connectivity index (χ1) is 5.80. The van der Waals surface area contributed by atoms with Crippen molar-refractivity contribution < 1.29 is 0 Å². The maximum atomic E-state index is 2.27. The molecular weight excluding hydrogens is 162 g/mol. The third-order valence-electron chi connectivity index (χ3n) is 1.61. The average molecular weight is 175 g/mol. The normalized spacial score (nSPS) is 28.8. The highest BCUT2D eigenvalue weighted by molar-refractivity contribution is 7.63. The fourth-order valence-electron chi connectivity index (χ4n) is 0.919. The molecule has 0 N–H and O–H groups in total. The van der Waals surface area contributed by atoms with E-state index in [0.717, 1.165) is 0 Å². The van der Waals surface area contributed by atoms with E-state index >= 15 is 0 Å². The van der Waals surface area contributed by atoms with Gasteiger partial charge in [0.25, 0.3) is 0 Å². The quantitative estimate of drug-likeness (QED) is 0.424. The van der Waals surface area contributed by atoms with Crippen LogP contribution in [0.1, 0.15) is 0 Å². The van der Waals surface area contributed by atoms with E-state index in [-0.39, 0.29) is 7.92 Å². The molecule has 0 nitrogen and oxygen atoms in total. The molecule has 0 amide bonds. The lowest BCUT2D eigenvalue weighted by atomic mass is 9.77. The number of allylic oxidation sites excluding steroid dienone is 6. The Labute approximate surface area is 76.7 Å². The van der Waals surface area contributed by atoms with Crippen LogP contribution in [0.25, 0.3) is 0 Å². The van der Waals surface area contributed by atoms with Crippen molar-refractivity contribution in [2.45, 2.75) is 0 Å². The van der Waals surface area contributed by atoms with E-state index in [0.29, 0.717) is 0 Å². The number of rotatable bonds is 1. The minimum Gasteiger partial charge on any atom is -0.116 e. The highest BCUT2D eigenvalue weighted by atomic mass is 31.1. The van der Waals surface area contributed by atoms with Gasteiger partial charge in [0.2, 0.25) is 0 Å². The fraction of sp³-hybridized carbons (Fsp3) is 0.200. The molecule has 0 aliphatic carbocycles. The van der Waals surface area contributed by atoms with Crippen molar-refractivity contribution in [1.29, 1.82) is 0 Å². The van der Waals surface area contributed by atoms with Crippen molar-refractivity contribution >= 4 is 15.2 Å². The highest BCUT2D eigenvalue weighted by Gasteiger charge is 1.99. The van der Waals surface area contributed by atoms with Crippen LogP contribution in [-0.4, -0.2) is 20.6 Å². The smallest absolute Gasteiger partial charge is 0.116 e. The second kappa shape index (κ2) is 5.16. The summed E-state index contributed by atoms with van der Waals surface area (Å²) in [6, 6.07) is 0. The monoisotopic (exact) mass is 175 g/mol. The van der Waals surface area contributed by atoms with Crippen molar-refractivity contribution in [2.24, 2.45) is 0 Å². The van der Waals surface area contributed by atoms with Crippen LogP contribution >= 0.6 is 7.92 Å². The van der Waals surface area contributed by atoms with Gasteiger partial charge in [-0.3, -0.25) is 0 Å². The summed E-state index contributed by atoms with van der Waals surface area (Å²) in [5, 5.41) is 1.43. The van der Waals surface area contributed by atoms with E-state index in [1.54, 1.807) is 0 Å². The van der Waals surface area contributed by atoms with Gasteiger partial charge in [-0.25, -0.2) is 0 Å². The van der Waals surface area contributed by atoms with Crippen LogP contribution in [0, 0.1) is 0 Å². The lowest BCUT2D eigenvalue weighted by Gasteiger charge is -2.06. The highest BCUT2D eigenvalue weighted by Crippen LogP contribution is 2.35. The molecule has 0 spiro atoms. The summed E-state index contributed by atoms with van der Waals surface area (Å²) >= 11 is 0. The zero-order valence-electron chi connectivity index (χ0n) is 7.57. The molecule has 1 rings (SSSR count). The predicted molar refractivity (Wildman–Crippen MR) is 60.0 cm³/mol. The molecule has 2 heteroatoms. The topological polar surface area (TPSA) is 0 Å². The SMILES string of the molecule is CP(C)/C1=C/C=C\C=C/C=C\[B]1. The van der Waals surface area contributed by atoms with Crippen LogP contribution in [0.4, 0.5) is 0 Å². The van der Waals surface area contributed by atoms with Crippen molar-refractivity contribution in [3.63, 3.8) is 0 Å². The summed E-state index contributed by atoms with van der Waals surface area (Å²) in [5.41, 5.74) is 0. The van der Waals surface area contributed by atoms with Gasteiger partial charge in [0.1, 0.15) is 0 Å². The summed E-state index contributed by atoms with van der Waals surface area (Å²) in [6.07, 6.45) is 12.5. The molecule has 0 aromatic heterocycles. The molecule has 0 aromatic carbocycles. The van der Waals surface area contributed by atoms with E-state index in [1.165, 1.54) is 5.21 Å². The fourth-order valence-corrected chi connectivity index (χ4v) is 1.69. The summed E-state index contributed by atoms with van der Waals surface area (Å²) in [6.45, 7) is 4.54. The molecule has 61 valence electrons. The third-order valence-corrected chi connectivity index (χ3v) is 2.94. The zero-order chi connectivity index (χ0) is 8.81. The molecule has 1 heterocycles. The molecule has 0 aromatic rings.